The molecular weight excluding hydrogens is 578 g/mol. The number of nitrogens with one attached hydrogen (secondary N) is 3. The average Bonchev–Trinajstić information content (AvgIpc) is 3.64. The van der Waals surface area contributed by atoms with E-state index in [0.29, 0.717) is 30.4 Å². The number of hydrogen-bond acceptors (Lipinski definition) is 8. The summed E-state index contributed by atoms with van der Waals surface area (Å²) >= 11 is 0. The van der Waals surface area contributed by atoms with Crippen LogP contribution in [0, 0.1) is 11.8 Å². The van der Waals surface area contributed by atoms with Crippen molar-refractivity contribution in [2.75, 3.05) is 50.0 Å². The number of carbonyl (C=O) groups excluding carboxylic acids is 2. The number of hydrogen-bond donors (Lipinski definition) is 4. The fourth-order valence-corrected chi connectivity index (χ4v) is 6.37. The molecule has 1 atom stereocenters. The molecule has 240 valence electrons. The van der Waals surface area contributed by atoms with E-state index in [0.717, 1.165) is 74.1 Å². The summed E-state index contributed by atoms with van der Waals surface area (Å²) < 4.78 is 0. The van der Waals surface area contributed by atoms with Crippen molar-refractivity contribution < 1.29 is 9.59 Å². The first-order valence-corrected chi connectivity index (χ1v) is 16.2. The number of H-pyrrole nitrogens is 1. The van der Waals surface area contributed by atoms with Crippen molar-refractivity contribution in [2.45, 2.75) is 38.1 Å². The van der Waals surface area contributed by atoms with Crippen molar-refractivity contribution in [3.63, 3.8) is 0 Å². The number of benzene rings is 3. The molecule has 2 aliphatic rings. The molecule has 2 heterocycles. The van der Waals surface area contributed by atoms with Gasteiger partial charge in [-0.05, 0) is 103 Å². The smallest absolute Gasteiger partial charge is 0.247 e. The Bertz CT molecular complexity index is 1560. The van der Waals surface area contributed by atoms with E-state index in [4.69, 9.17) is 5.73 Å². The van der Waals surface area contributed by atoms with E-state index in [9.17, 15) is 9.59 Å². The molecule has 5 N–H and O–H groups in total. The maximum absolute atomic E-state index is 13.6. The summed E-state index contributed by atoms with van der Waals surface area (Å²) in [7, 11) is 2.17. The number of rotatable bonds is 10. The Balaban J connectivity index is 1.13. The van der Waals surface area contributed by atoms with Crippen LogP contribution in [0.4, 0.5) is 11.4 Å². The van der Waals surface area contributed by atoms with Gasteiger partial charge in [0.15, 0.2) is 0 Å². The van der Waals surface area contributed by atoms with Crippen LogP contribution in [0.1, 0.15) is 31.2 Å². The summed E-state index contributed by atoms with van der Waals surface area (Å²) in [6.07, 6.45) is 3.84. The zero-order chi connectivity index (χ0) is 31.9. The molecule has 1 aromatic heterocycles. The summed E-state index contributed by atoms with van der Waals surface area (Å²) in [5.74, 6) is 0.505. The number of carbonyl (C=O) groups is 2. The Morgan fingerprint density at radius 1 is 0.870 bits per heavy atom. The van der Waals surface area contributed by atoms with Gasteiger partial charge in [0.25, 0.3) is 0 Å². The minimum atomic E-state index is -0.731. The number of amides is 2. The topological polar surface area (TPSA) is 145 Å². The molecule has 2 amide bonds. The predicted molar refractivity (Wildman–Crippen MR) is 180 cm³/mol. The van der Waals surface area contributed by atoms with Crippen molar-refractivity contribution in [1.29, 1.82) is 0 Å². The lowest BCUT2D eigenvalue weighted by Gasteiger charge is -2.34. The highest BCUT2D eigenvalue weighted by Crippen LogP contribution is 2.29. The monoisotopic (exact) mass is 621 g/mol. The molecule has 0 spiro atoms. The van der Waals surface area contributed by atoms with Gasteiger partial charge >= 0.3 is 0 Å². The lowest BCUT2D eigenvalue weighted by Crippen LogP contribution is -2.48. The van der Waals surface area contributed by atoms with Crippen molar-refractivity contribution in [3.8, 4) is 22.5 Å². The molecule has 0 radical (unpaired) electrons. The molecule has 1 unspecified atom stereocenters. The van der Waals surface area contributed by atoms with Gasteiger partial charge in [0.05, 0.1) is 0 Å². The standard InChI is InChI=1S/C35H43N9O2/c1-43-18-20-44(21-19-43)31-16-12-27(13-17-31)26-6-2-24(3-7-26)22-32(38-34(45)29-8-4-25(23-36)5-9-29)35(46)37-30-14-10-28(11-15-30)33-39-41-42-40-33/h2-3,6-7,10-17,25,29,32H,4-5,8-9,18-23,36H2,1H3,(H,37,46)(H,38,45)(H,39,40,41,42). The van der Waals surface area contributed by atoms with Crippen LogP contribution in [0.25, 0.3) is 22.5 Å². The first-order valence-electron chi connectivity index (χ1n) is 16.2. The van der Waals surface area contributed by atoms with Crippen LogP contribution < -0.4 is 21.3 Å². The third-order valence-corrected chi connectivity index (χ3v) is 9.40. The highest BCUT2D eigenvalue weighted by atomic mass is 16.2. The molecule has 3 aromatic carbocycles. The van der Waals surface area contributed by atoms with Crippen LogP contribution >= 0.6 is 0 Å². The van der Waals surface area contributed by atoms with E-state index in [1.807, 2.05) is 24.3 Å². The summed E-state index contributed by atoms with van der Waals surface area (Å²) in [5, 5.41) is 20.1. The largest absolute Gasteiger partial charge is 0.369 e. The zero-order valence-electron chi connectivity index (χ0n) is 26.4. The molecule has 11 heteroatoms. The maximum Gasteiger partial charge on any atom is 0.247 e. The van der Waals surface area contributed by atoms with Crippen LogP contribution in [0.3, 0.4) is 0 Å². The highest BCUT2D eigenvalue weighted by molar-refractivity contribution is 5.97. The van der Waals surface area contributed by atoms with Crippen molar-refractivity contribution >= 4 is 23.2 Å². The summed E-state index contributed by atoms with van der Waals surface area (Å²) in [6.45, 7) is 4.88. The van der Waals surface area contributed by atoms with Gasteiger partial charge in [-0.3, -0.25) is 9.59 Å². The second-order valence-corrected chi connectivity index (χ2v) is 12.6. The molecule has 2 fully saturated rings. The minimum Gasteiger partial charge on any atom is -0.369 e. The first kappa shape index (κ1) is 31.4. The summed E-state index contributed by atoms with van der Waals surface area (Å²) in [4.78, 5) is 31.8. The highest BCUT2D eigenvalue weighted by Gasteiger charge is 2.29. The Hall–Kier alpha value is -4.61. The van der Waals surface area contributed by atoms with Crippen LogP contribution in [-0.2, 0) is 16.0 Å². The van der Waals surface area contributed by atoms with Gasteiger partial charge in [-0.25, -0.2) is 0 Å². The molecule has 4 aromatic rings. The minimum absolute atomic E-state index is 0.0693. The average molecular weight is 622 g/mol. The quantitative estimate of drug-likeness (QED) is 0.210. The third-order valence-electron chi connectivity index (χ3n) is 9.40. The fourth-order valence-electron chi connectivity index (χ4n) is 6.37. The van der Waals surface area contributed by atoms with E-state index in [1.54, 1.807) is 12.1 Å². The van der Waals surface area contributed by atoms with Gasteiger partial charge in [0, 0.05) is 55.5 Å². The molecule has 46 heavy (non-hydrogen) atoms. The number of anilines is 2. The van der Waals surface area contributed by atoms with Gasteiger partial charge in [-0.1, -0.05) is 36.4 Å². The summed E-state index contributed by atoms with van der Waals surface area (Å²) in [6, 6.07) is 23.5. The Kier molecular flexibility index (Phi) is 10.00. The van der Waals surface area contributed by atoms with Gasteiger partial charge < -0.3 is 26.2 Å². The van der Waals surface area contributed by atoms with E-state index in [-0.39, 0.29) is 17.7 Å². The number of nitrogens with two attached hydrogens (primary N) is 1. The van der Waals surface area contributed by atoms with Gasteiger partial charge in [-0.15, -0.1) is 10.2 Å². The molecule has 1 saturated carbocycles. The number of tetrazole rings is 1. The molecular formula is C35H43N9O2. The second-order valence-electron chi connectivity index (χ2n) is 12.6. The van der Waals surface area contributed by atoms with Crippen LogP contribution in [0.5, 0.6) is 0 Å². The number of aromatic nitrogens is 4. The maximum atomic E-state index is 13.6. The SMILES string of the molecule is CN1CCN(c2ccc(-c3ccc(CC(NC(=O)C4CCC(CN)CC4)C(=O)Nc4ccc(-c5nn[nH]n5)cc4)cc3)cc2)CC1. The predicted octanol–water partition coefficient (Wildman–Crippen LogP) is 3.72. The van der Waals surface area contributed by atoms with Crippen LogP contribution in [0.2, 0.25) is 0 Å². The van der Waals surface area contributed by atoms with E-state index >= 15 is 0 Å². The molecule has 1 aliphatic carbocycles. The molecule has 6 rings (SSSR count). The Labute approximate surface area is 269 Å². The van der Waals surface area contributed by atoms with Gasteiger partial charge in [-0.2, -0.15) is 5.21 Å². The van der Waals surface area contributed by atoms with E-state index in [1.165, 1.54) is 5.69 Å². The number of piperazine rings is 1. The molecule has 0 bridgehead atoms. The lowest BCUT2D eigenvalue weighted by molar-refractivity contribution is -0.130. The van der Waals surface area contributed by atoms with Gasteiger partial charge in [0.1, 0.15) is 6.04 Å². The molecule has 11 nitrogen and oxygen atoms in total. The van der Waals surface area contributed by atoms with Crippen molar-refractivity contribution in [1.82, 2.24) is 30.8 Å². The normalized spacial score (nSPS) is 19.4. The molecule has 1 aliphatic heterocycles. The Morgan fingerprint density at radius 2 is 1.50 bits per heavy atom. The third kappa shape index (κ3) is 7.78. The van der Waals surface area contributed by atoms with Crippen molar-refractivity contribution in [3.05, 3.63) is 78.4 Å². The second kappa shape index (κ2) is 14.7. The Morgan fingerprint density at radius 3 is 2.11 bits per heavy atom. The first-order chi connectivity index (χ1) is 22.4. The number of nitrogens with zero attached hydrogens (tertiary/aromatic N) is 5. The zero-order valence-corrected chi connectivity index (χ0v) is 26.4. The lowest BCUT2D eigenvalue weighted by atomic mass is 9.81. The van der Waals surface area contributed by atoms with E-state index in [2.05, 4.69) is 84.5 Å². The van der Waals surface area contributed by atoms with Gasteiger partial charge in [0.2, 0.25) is 17.6 Å². The molecule has 1 saturated heterocycles. The number of likely N-dealkylation sites (N-methyl/N-ethyl adjacent to an activating group) is 1. The van der Waals surface area contributed by atoms with Crippen LogP contribution in [-0.4, -0.2) is 83.2 Å². The van der Waals surface area contributed by atoms with Crippen LogP contribution in [0.15, 0.2) is 72.8 Å². The fraction of sp³-hybridized carbons (Fsp3) is 0.400. The van der Waals surface area contributed by atoms with Crippen molar-refractivity contribution in [2.24, 2.45) is 17.6 Å². The van der Waals surface area contributed by atoms with E-state index < -0.39 is 6.04 Å². The number of aromatic amines is 1. The summed E-state index contributed by atoms with van der Waals surface area (Å²) in [5.41, 5.74) is 11.7.